The minimum atomic E-state index is -0.187. The molecule has 0 aliphatic carbocycles. The van der Waals surface area contributed by atoms with E-state index in [2.05, 4.69) is 50.9 Å². The Bertz CT molecular complexity index is 581. The number of ether oxygens (including phenoxy) is 1. The highest BCUT2D eigenvalue weighted by Gasteiger charge is 2.24. The second kappa shape index (κ2) is 12.9. The monoisotopic (exact) mass is 488 g/mol. The lowest BCUT2D eigenvalue weighted by atomic mass is 10.2. The van der Waals surface area contributed by atoms with E-state index in [1.807, 2.05) is 13.8 Å². The SMILES string of the molecule is CN=C(NCCC(=O)OC(C)C)NCC1CCCN1Cc1ccccc1.I. The molecule has 1 fully saturated rings. The van der Waals surface area contributed by atoms with Crippen LogP contribution < -0.4 is 10.6 Å². The average Bonchev–Trinajstić information content (AvgIpc) is 3.05. The Morgan fingerprint density at radius 1 is 1.30 bits per heavy atom. The van der Waals surface area contributed by atoms with Gasteiger partial charge in [0.1, 0.15) is 0 Å². The fraction of sp³-hybridized carbons (Fsp3) is 0.600. The van der Waals surface area contributed by atoms with Crippen LogP contribution >= 0.6 is 24.0 Å². The summed E-state index contributed by atoms with van der Waals surface area (Å²) in [5.74, 6) is 0.543. The Hall–Kier alpha value is -1.35. The number of benzene rings is 1. The summed E-state index contributed by atoms with van der Waals surface area (Å²) in [5.41, 5.74) is 1.35. The normalized spacial score (nSPS) is 17.5. The van der Waals surface area contributed by atoms with E-state index in [0.29, 0.717) is 19.0 Å². The summed E-state index contributed by atoms with van der Waals surface area (Å²) < 4.78 is 5.13. The van der Waals surface area contributed by atoms with E-state index in [4.69, 9.17) is 4.74 Å². The molecule has 0 spiro atoms. The van der Waals surface area contributed by atoms with Gasteiger partial charge in [-0.25, -0.2) is 0 Å². The van der Waals surface area contributed by atoms with E-state index in [1.165, 1.54) is 18.4 Å². The quantitative estimate of drug-likeness (QED) is 0.255. The molecule has 1 unspecified atom stereocenters. The van der Waals surface area contributed by atoms with Crippen molar-refractivity contribution in [2.24, 2.45) is 4.99 Å². The van der Waals surface area contributed by atoms with Crippen LogP contribution in [-0.2, 0) is 16.1 Å². The highest BCUT2D eigenvalue weighted by Crippen LogP contribution is 2.19. The van der Waals surface area contributed by atoms with E-state index in [1.54, 1.807) is 7.05 Å². The zero-order chi connectivity index (χ0) is 18.8. The lowest BCUT2D eigenvalue weighted by Crippen LogP contribution is -2.45. The molecule has 1 atom stereocenters. The summed E-state index contributed by atoms with van der Waals surface area (Å²) in [4.78, 5) is 18.3. The summed E-state index contributed by atoms with van der Waals surface area (Å²) in [6.45, 7) is 7.20. The van der Waals surface area contributed by atoms with E-state index < -0.39 is 0 Å². The summed E-state index contributed by atoms with van der Waals surface area (Å²) in [6.07, 6.45) is 2.68. The molecule has 0 saturated carbocycles. The molecule has 2 rings (SSSR count). The second-order valence-corrected chi connectivity index (χ2v) is 6.92. The number of hydrogen-bond acceptors (Lipinski definition) is 4. The van der Waals surface area contributed by atoms with Crippen molar-refractivity contribution in [3.05, 3.63) is 35.9 Å². The number of halogens is 1. The van der Waals surface area contributed by atoms with Gasteiger partial charge in [0, 0.05) is 32.7 Å². The van der Waals surface area contributed by atoms with Crippen molar-refractivity contribution in [2.75, 3.05) is 26.7 Å². The highest BCUT2D eigenvalue weighted by atomic mass is 127. The van der Waals surface area contributed by atoms with Crippen LogP contribution in [0.15, 0.2) is 35.3 Å². The molecule has 1 aliphatic rings. The van der Waals surface area contributed by atoms with E-state index in [-0.39, 0.29) is 36.0 Å². The molecule has 0 aromatic heterocycles. The molecule has 2 N–H and O–H groups in total. The Balaban J connectivity index is 0.00000364. The first kappa shape index (κ1) is 23.7. The summed E-state index contributed by atoms with van der Waals surface area (Å²) in [7, 11) is 1.75. The third-order valence-electron chi connectivity index (χ3n) is 4.45. The van der Waals surface area contributed by atoms with Gasteiger partial charge in [-0.3, -0.25) is 14.7 Å². The van der Waals surface area contributed by atoms with Crippen molar-refractivity contribution in [3.8, 4) is 0 Å². The van der Waals surface area contributed by atoms with Crippen LogP contribution in [-0.4, -0.2) is 55.7 Å². The minimum Gasteiger partial charge on any atom is -0.463 e. The van der Waals surface area contributed by atoms with Gasteiger partial charge in [-0.15, -0.1) is 24.0 Å². The molecule has 1 heterocycles. The molecule has 152 valence electrons. The van der Waals surface area contributed by atoms with Crippen molar-refractivity contribution in [1.29, 1.82) is 0 Å². The van der Waals surface area contributed by atoms with Gasteiger partial charge >= 0.3 is 5.97 Å². The smallest absolute Gasteiger partial charge is 0.307 e. The zero-order valence-electron chi connectivity index (χ0n) is 16.6. The number of esters is 1. The molecule has 0 amide bonds. The molecule has 0 radical (unpaired) electrons. The summed E-state index contributed by atoms with van der Waals surface area (Å²) in [6, 6.07) is 11.1. The lowest BCUT2D eigenvalue weighted by Gasteiger charge is -2.25. The van der Waals surface area contributed by atoms with Crippen molar-refractivity contribution < 1.29 is 9.53 Å². The highest BCUT2D eigenvalue weighted by molar-refractivity contribution is 14.0. The maximum Gasteiger partial charge on any atom is 0.307 e. The van der Waals surface area contributed by atoms with Gasteiger partial charge in [-0.1, -0.05) is 30.3 Å². The van der Waals surface area contributed by atoms with Crippen molar-refractivity contribution in [2.45, 2.75) is 51.8 Å². The van der Waals surface area contributed by atoms with Gasteiger partial charge in [0.05, 0.1) is 12.5 Å². The molecule has 7 heteroatoms. The second-order valence-electron chi connectivity index (χ2n) is 6.92. The zero-order valence-corrected chi connectivity index (χ0v) is 18.9. The maximum absolute atomic E-state index is 11.6. The average molecular weight is 488 g/mol. The van der Waals surface area contributed by atoms with E-state index in [0.717, 1.165) is 25.6 Å². The third kappa shape index (κ3) is 8.92. The molecule has 1 saturated heterocycles. The van der Waals surface area contributed by atoms with Crippen LogP contribution in [0.25, 0.3) is 0 Å². The predicted octanol–water partition coefficient (Wildman–Crippen LogP) is 2.78. The van der Waals surface area contributed by atoms with Gasteiger partial charge in [0.2, 0.25) is 0 Å². The first-order chi connectivity index (χ1) is 12.6. The molecular weight excluding hydrogens is 455 g/mol. The Morgan fingerprint density at radius 3 is 2.70 bits per heavy atom. The topological polar surface area (TPSA) is 66.0 Å². The molecular formula is C20H33IN4O2. The van der Waals surface area contributed by atoms with Gasteiger partial charge in [0.15, 0.2) is 5.96 Å². The third-order valence-corrected chi connectivity index (χ3v) is 4.45. The van der Waals surface area contributed by atoms with Crippen molar-refractivity contribution in [1.82, 2.24) is 15.5 Å². The minimum absolute atomic E-state index is 0. The standard InChI is InChI=1S/C20H32N4O2.HI/c1-16(2)26-19(25)11-12-22-20(21-3)23-14-18-10-7-13-24(18)15-17-8-5-4-6-9-17;/h4-6,8-9,16,18H,7,10-15H2,1-3H3,(H2,21,22,23);1H. The van der Waals surface area contributed by atoms with E-state index in [9.17, 15) is 4.79 Å². The van der Waals surface area contributed by atoms with E-state index >= 15 is 0 Å². The van der Waals surface area contributed by atoms with Gasteiger partial charge < -0.3 is 15.4 Å². The number of guanidine groups is 1. The van der Waals surface area contributed by atoms with Gasteiger partial charge in [-0.05, 0) is 38.8 Å². The Morgan fingerprint density at radius 2 is 2.04 bits per heavy atom. The Labute approximate surface area is 180 Å². The first-order valence-corrected chi connectivity index (χ1v) is 9.50. The molecule has 1 aromatic rings. The van der Waals surface area contributed by atoms with Crippen LogP contribution in [0.5, 0.6) is 0 Å². The number of nitrogens with one attached hydrogen (secondary N) is 2. The number of hydrogen-bond donors (Lipinski definition) is 2. The fourth-order valence-corrected chi connectivity index (χ4v) is 3.19. The number of rotatable bonds is 8. The van der Waals surface area contributed by atoms with Crippen LogP contribution in [0, 0.1) is 0 Å². The Kier molecular flexibility index (Phi) is 11.3. The predicted molar refractivity (Wildman–Crippen MR) is 120 cm³/mol. The van der Waals surface area contributed by atoms with Gasteiger partial charge in [0.25, 0.3) is 0 Å². The van der Waals surface area contributed by atoms with Crippen LogP contribution in [0.1, 0.15) is 38.7 Å². The number of aliphatic imine (C=N–C) groups is 1. The number of carbonyl (C=O) groups is 1. The molecule has 27 heavy (non-hydrogen) atoms. The number of nitrogens with zero attached hydrogens (tertiary/aromatic N) is 2. The lowest BCUT2D eigenvalue weighted by molar-refractivity contribution is -0.147. The number of likely N-dealkylation sites (tertiary alicyclic amines) is 1. The first-order valence-electron chi connectivity index (χ1n) is 9.50. The molecule has 1 aliphatic heterocycles. The molecule has 0 bridgehead atoms. The van der Waals surface area contributed by atoms with Crippen LogP contribution in [0.2, 0.25) is 0 Å². The van der Waals surface area contributed by atoms with Crippen LogP contribution in [0.4, 0.5) is 0 Å². The summed E-state index contributed by atoms with van der Waals surface area (Å²) in [5, 5.41) is 6.57. The van der Waals surface area contributed by atoms with Gasteiger partial charge in [-0.2, -0.15) is 0 Å². The van der Waals surface area contributed by atoms with Crippen molar-refractivity contribution in [3.63, 3.8) is 0 Å². The number of carbonyl (C=O) groups excluding carboxylic acids is 1. The molecule has 6 nitrogen and oxygen atoms in total. The molecule has 1 aromatic carbocycles. The fourth-order valence-electron chi connectivity index (χ4n) is 3.19. The van der Waals surface area contributed by atoms with Crippen molar-refractivity contribution >= 4 is 35.9 Å². The largest absolute Gasteiger partial charge is 0.463 e. The maximum atomic E-state index is 11.6. The van der Waals surface area contributed by atoms with Crippen LogP contribution in [0.3, 0.4) is 0 Å². The summed E-state index contributed by atoms with van der Waals surface area (Å²) >= 11 is 0.